The second kappa shape index (κ2) is 11.4. The first-order valence-corrected chi connectivity index (χ1v) is 12.1. The van der Waals surface area contributed by atoms with Crippen LogP contribution in [0.5, 0.6) is 0 Å². The highest BCUT2D eigenvalue weighted by Gasteiger charge is 2.43. The zero-order valence-corrected chi connectivity index (χ0v) is 19.0. The van der Waals surface area contributed by atoms with Crippen molar-refractivity contribution in [2.45, 2.75) is 37.3 Å². The molecule has 0 aromatic heterocycles. The van der Waals surface area contributed by atoms with Crippen LogP contribution < -0.4 is 0 Å². The molecule has 5 fully saturated rings. The van der Waals surface area contributed by atoms with Crippen molar-refractivity contribution in [2.24, 2.45) is 17.3 Å². The maximum Gasteiger partial charge on any atom is 0.104 e. The minimum Gasteiger partial charge on any atom is -0.380 e. The smallest absolute Gasteiger partial charge is 0.104 e. The lowest BCUT2D eigenvalue weighted by Crippen LogP contribution is -2.48. The van der Waals surface area contributed by atoms with E-state index in [1.165, 1.54) is 12.8 Å². The highest BCUT2D eigenvalue weighted by molar-refractivity contribution is 4.89. The molecule has 0 bridgehead atoms. The standard InChI is InChI=1S/C23H38O9/c1-2-17(1)3-26-14-23(15-27-8-21-12-31-21,16-28-9-22-13-32-22)18(4-24-6-19-10-29-19)5-25-7-20-11-30-20/h17-22H,1-16H2. The van der Waals surface area contributed by atoms with Gasteiger partial charge >= 0.3 is 0 Å². The number of ether oxygens (including phenoxy) is 9. The molecule has 0 radical (unpaired) electrons. The molecule has 4 heterocycles. The number of hydrogen-bond donors (Lipinski definition) is 0. The molecular weight excluding hydrogens is 420 g/mol. The van der Waals surface area contributed by atoms with Gasteiger partial charge in [-0.15, -0.1) is 0 Å². The van der Waals surface area contributed by atoms with Crippen LogP contribution in [0, 0.1) is 17.3 Å². The van der Waals surface area contributed by atoms with Crippen LogP contribution in [0.25, 0.3) is 0 Å². The number of rotatable bonds is 21. The Labute approximate surface area is 190 Å². The van der Waals surface area contributed by atoms with E-state index in [4.69, 9.17) is 42.6 Å². The molecule has 0 amide bonds. The first kappa shape index (κ1) is 23.4. The van der Waals surface area contributed by atoms with Crippen molar-refractivity contribution in [3.8, 4) is 0 Å². The first-order valence-electron chi connectivity index (χ1n) is 12.1. The summed E-state index contributed by atoms with van der Waals surface area (Å²) in [7, 11) is 0. The van der Waals surface area contributed by atoms with E-state index in [9.17, 15) is 0 Å². The molecule has 9 nitrogen and oxygen atoms in total. The summed E-state index contributed by atoms with van der Waals surface area (Å²) in [5, 5.41) is 0. The van der Waals surface area contributed by atoms with Crippen LogP contribution in [0.2, 0.25) is 0 Å². The summed E-state index contributed by atoms with van der Waals surface area (Å²) in [6, 6.07) is 0. The van der Waals surface area contributed by atoms with E-state index in [1.807, 2.05) is 0 Å². The third-order valence-corrected chi connectivity index (χ3v) is 6.55. The second-order valence-corrected chi connectivity index (χ2v) is 9.94. The highest BCUT2D eigenvalue weighted by Crippen LogP contribution is 2.35. The molecule has 0 N–H and O–H groups in total. The zero-order valence-electron chi connectivity index (χ0n) is 19.0. The molecule has 5 aliphatic rings. The van der Waals surface area contributed by atoms with Gasteiger partial charge in [-0.25, -0.2) is 0 Å². The Hall–Kier alpha value is -0.360. The summed E-state index contributed by atoms with van der Waals surface area (Å²) in [4.78, 5) is 0. The van der Waals surface area contributed by atoms with Gasteiger partial charge in [-0.3, -0.25) is 0 Å². The van der Waals surface area contributed by atoms with Crippen molar-refractivity contribution in [2.75, 3.05) is 92.5 Å². The highest BCUT2D eigenvalue weighted by atomic mass is 16.6. The number of hydrogen-bond acceptors (Lipinski definition) is 9. The molecule has 9 heteroatoms. The summed E-state index contributed by atoms with van der Waals surface area (Å²) in [5.41, 5.74) is -0.381. The summed E-state index contributed by atoms with van der Waals surface area (Å²) in [6.45, 7) is 8.98. The zero-order chi connectivity index (χ0) is 21.6. The largest absolute Gasteiger partial charge is 0.380 e. The summed E-state index contributed by atoms with van der Waals surface area (Å²) >= 11 is 0. The van der Waals surface area contributed by atoms with Gasteiger partial charge in [-0.1, -0.05) is 0 Å². The minimum absolute atomic E-state index is 0.0550. The average Bonchev–Trinajstić information content (AvgIpc) is 3.61. The van der Waals surface area contributed by atoms with Crippen molar-refractivity contribution in [3.05, 3.63) is 0 Å². The van der Waals surface area contributed by atoms with Crippen molar-refractivity contribution in [1.82, 2.24) is 0 Å². The second-order valence-electron chi connectivity index (χ2n) is 9.94. The third-order valence-electron chi connectivity index (χ3n) is 6.55. The van der Waals surface area contributed by atoms with Crippen molar-refractivity contribution < 1.29 is 42.6 Å². The van der Waals surface area contributed by atoms with Gasteiger partial charge in [0.25, 0.3) is 0 Å². The van der Waals surface area contributed by atoms with Crippen molar-refractivity contribution in [1.29, 1.82) is 0 Å². The Morgan fingerprint density at radius 3 is 1.31 bits per heavy atom. The molecule has 0 spiro atoms. The van der Waals surface area contributed by atoms with Gasteiger partial charge in [0.15, 0.2) is 0 Å². The summed E-state index contributed by atoms with van der Waals surface area (Å²) in [6.07, 6.45) is 3.40. The van der Waals surface area contributed by atoms with Gasteiger partial charge in [0, 0.05) is 17.9 Å². The predicted octanol–water partition coefficient (Wildman–Crippen LogP) is 0.677. The minimum atomic E-state index is -0.381. The van der Waals surface area contributed by atoms with Gasteiger partial charge in [0.1, 0.15) is 24.4 Å². The molecule has 0 aromatic carbocycles. The quantitative estimate of drug-likeness (QED) is 0.230. The van der Waals surface area contributed by atoms with E-state index in [0.717, 1.165) is 33.0 Å². The Morgan fingerprint density at radius 2 is 0.938 bits per heavy atom. The number of epoxide rings is 4. The van der Waals surface area contributed by atoms with Gasteiger partial charge in [0.2, 0.25) is 0 Å². The normalized spacial score (nSPS) is 33.0. The summed E-state index contributed by atoms with van der Waals surface area (Å²) in [5.74, 6) is 0.749. The van der Waals surface area contributed by atoms with E-state index in [-0.39, 0.29) is 35.7 Å². The van der Waals surface area contributed by atoms with E-state index in [2.05, 4.69) is 0 Å². The monoisotopic (exact) mass is 458 g/mol. The fourth-order valence-corrected chi connectivity index (χ4v) is 3.72. The molecule has 4 saturated heterocycles. The topological polar surface area (TPSA) is 96.3 Å². The Morgan fingerprint density at radius 1 is 0.562 bits per heavy atom. The first-order chi connectivity index (χ1) is 15.8. The van der Waals surface area contributed by atoms with Gasteiger partial charge in [-0.05, 0) is 18.8 Å². The van der Waals surface area contributed by atoms with Crippen LogP contribution in [0.15, 0.2) is 0 Å². The average molecular weight is 459 g/mol. The third kappa shape index (κ3) is 8.45. The van der Waals surface area contributed by atoms with E-state index in [1.54, 1.807) is 0 Å². The molecule has 32 heavy (non-hydrogen) atoms. The maximum atomic E-state index is 6.25. The van der Waals surface area contributed by atoms with Crippen LogP contribution in [0.3, 0.4) is 0 Å². The Balaban J connectivity index is 1.23. The van der Waals surface area contributed by atoms with Gasteiger partial charge < -0.3 is 42.6 Å². The van der Waals surface area contributed by atoms with Crippen LogP contribution >= 0.6 is 0 Å². The molecule has 4 unspecified atom stereocenters. The fourth-order valence-electron chi connectivity index (χ4n) is 3.72. The molecule has 4 aliphatic heterocycles. The Kier molecular flexibility index (Phi) is 8.31. The fraction of sp³-hybridized carbons (Fsp3) is 1.00. The van der Waals surface area contributed by atoms with Crippen molar-refractivity contribution in [3.63, 3.8) is 0 Å². The maximum absolute atomic E-state index is 6.25. The lowest BCUT2D eigenvalue weighted by atomic mass is 9.77. The van der Waals surface area contributed by atoms with Gasteiger partial charge in [0.05, 0.1) is 85.9 Å². The van der Waals surface area contributed by atoms with Crippen LogP contribution in [-0.2, 0) is 42.6 Å². The van der Waals surface area contributed by atoms with E-state index < -0.39 is 0 Å². The van der Waals surface area contributed by atoms with E-state index >= 15 is 0 Å². The SMILES string of the molecule is C1CC1COCC(COCC1CO1)(COCC1CO1)C(COCC1CO1)COCC1CO1. The lowest BCUT2D eigenvalue weighted by molar-refractivity contribution is -0.134. The molecule has 5 rings (SSSR count). The molecule has 1 saturated carbocycles. The summed E-state index contributed by atoms with van der Waals surface area (Å²) < 4.78 is 52.0. The van der Waals surface area contributed by atoms with Crippen molar-refractivity contribution >= 4 is 0 Å². The molecule has 184 valence electrons. The Bertz CT molecular complexity index is 492. The van der Waals surface area contributed by atoms with Gasteiger partial charge in [-0.2, -0.15) is 0 Å². The molecule has 1 aliphatic carbocycles. The van der Waals surface area contributed by atoms with Crippen LogP contribution in [0.4, 0.5) is 0 Å². The molecular formula is C23H38O9. The molecule has 0 aromatic rings. The van der Waals surface area contributed by atoms with E-state index in [0.29, 0.717) is 65.4 Å². The predicted molar refractivity (Wildman–Crippen MR) is 112 cm³/mol. The molecule has 4 atom stereocenters. The van der Waals surface area contributed by atoms with Crippen LogP contribution in [0.1, 0.15) is 12.8 Å². The van der Waals surface area contributed by atoms with Crippen LogP contribution in [-0.4, -0.2) is 117 Å². The lowest BCUT2D eigenvalue weighted by Gasteiger charge is -2.40.